The largest absolute Gasteiger partial charge is 0.484 e. The van der Waals surface area contributed by atoms with E-state index >= 15 is 0 Å². The summed E-state index contributed by atoms with van der Waals surface area (Å²) in [6, 6.07) is 10.5. The Labute approximate surface area is 157 Å². The summed E-state index contributed by atoms with van der Waals surface area (Å²) >= 11 is 0. The first kappa shape index (κ1) is 18.7. The highest BCUT2D eigenvalue weighted by molar-refractivity contribution is 5.99. The van der Waals surface area contributed by atoms with Crippen molar-refractivity contribution in [2.24, 2.45) is 5.73 Å². The molecule has 142 valence electrons. The van der Waals surface area contributed by atoms with E-state index in [-0.39, 0.29) is 18.3 Å². The van der Waals surface area contributed by atoms with Crippen LogP contribution in [0.3, 0.4) is 0 Å². The fourth-order valence-electron chi connectivity index (χ4n) is 3.07. The van der Waals surface area contributed by atoms with E-state index in [0.29, 0.717) is 17.0 Å². The van der Waals surface area contributed by atoms with Gasteiger partial charge in [-0.3, -0.25) is 9.59 Å². The predicted molar refractivity (Wildman–Crippen MR) is 102 cm³/mol. The van der Waals surface area contributed by atoms with Gasteiger partial charge in [-0.15, -0.1) is 0 Å². The number of nitrogens with zero attached hydrogens (tertiary/aromatic N) is 1. The Kier molecular flexibility index (Phi) is 5.90. The summed E-state index contributed by atoms with van der Waals surface area (Å²) in [6.07, 6.45) is 3.35. The lowest BCUT2D eigenvalue weighted by molar-refractivity contribution is -0.118. The van der Waals surface area contributed by atoms with Crippen LogP contribution >= 0.6 is 0 Å². The van der Waals surface area contributed by atoms with Gasteiger partial charge in [0.05, 0.1) is 11.4 Å². The molecule has 1 aliphatic heterocycles. The van der Waals surface area contributed by atoms with Gasteiger partial charge in [0.15, 0.2) is 6.61 Å². The number of amides is 2. The molecule has 0 atom stereocenters. The molecule has 27 heavy (non-hydrogen) atoms. The molecule has 1 saturated heterocycles. The minimum absolute atomic E-state index is 0.230. The van der Waals surface area contributed by atoms with E-state index in [1.54, 1.807) is 12.1 Å². The number of hydrogen-bond donors (Lipinski definition) is 2. The summed E-state index contributed by atoms with van der Waals surface area (Å²) < 4.78 is 18.3. The third kappa shape index (κ3) is 4.97. The molecule has 6 nitrogen and oxygen atoms in total. The summed E-state index contributed by atoms with van der Waals surface area (Å²) in [5.74, 6) is -0.910. The van der Waals surface area contributed by atoms with Crippen LogP contribution in [0.2, 0.25) is 0 Å². The predicted octanol–water partition coefficient (Wildman–Crippen LogP) is 2.93. The first-order valence-electron chi connectivity index (χ1n) is 8.90. The topological polar surface area (TPSA) is 84.7 Å². The zero-order chi connectivity index (χ0) is 19.2. The van der Waals surface area contributed by atoms with Crippen molar-refractivity contribution in [1.82, 2.24) is 0 Å². The SMILES string of the molecule is NC(=O)c1ccc(N2CCCCC2)c(NC(=O)COc2ccc(F)cc2)c1. The van der Waals surface area contributed by atoms with Crippen molar-refractivity contribution in [3.63, 3.8) is 0 Å². The van der Waals surface area contributed by atoms with Gasteiger partial charge in [0.1, 0.15) is 11.6 Å². The van der Waals surface area contributed by atoms with Crippen LogP contribution < -0.4 is 20.7 Å². The van der Waals surface area contributed by atoms with Crippen molar-refractivity contribution in [1.29, 1.82) is 0 Å². The van der Waals surface area contributed by atoms with E-state index in [4.69, 9.17) is 10.5 Å². The summed E-state index contributed by atoms with van der Waals surface area (Å²) in [5, 5.41) is 2.80. The lowest BCUT2D eigenvalue weighted by Gasteiger charge is -2.30. The summed E-state index contributed by atoms with van der Waals surface area (Å²) in [5.41, 5.74) is 7.08. The minimum Gasteiger partial charge on any atom is -0.484 e. The average molecular weight is 371 g/mol. The number of halogens is 1. The number of rotatable bonds is 6. The Bertz CT molecular complexity index is 818. The maximum atomic E-state index is 12.9. The molecule has 0 aromatic heterocycles. The second kappa shape index (κ2) is 8.53. The molecule has 0 spiro atoms. The molecule has 7 heteroatoms. The molecule has 0 unspecified atom stereocenters. The number of anilines is 2. The lowest BCUT2D eigenvalue weighted by Crippen LogP contribution is -2.31. The number of primary amides is 1. The highest BCUT2D eigenvalue weighted by atomic mass is 19.1. The van der Waals surface area contributed by atoms with Gasteiger partial charge >= 0.3 is 0 Å². The third-order valence-electron chi connectivity index (χ3n) is 4.44. The van der Waals surface area contributed by atoms with E-state index in [9.17, 15) is 14.0 Å². The maximum Gasteiger partial charge on any atom is 0.262 e. The van der Waals surface area contributed by atoms with E-state index in [2.05, 4.69) is 10.2 Å². The van der Waals surface area contributed by atoms with Crippen LogP contribution in [0.5, 0.6) is 5.75 Å². The van der Waals surface area contributed by atoms with Gasteiger partial charge in [0, 0.05) is 18.7 Å². The van der Waals surface area contributed by atoms with Crippen LogP contribution in [0.1, 0.15) is 29.6 Å². The summed E-state index contributed by atoms with van der Waals surface area (Å²) in [7, 11) is 0. The lowest BCUT2D eigenvalue weighted by atomic mass is 10.1. The van der Waals surface area contributed by atoms with Gasteiger partial charge in [-0.05, 0) is 61.7 Å². The minimum atomic E-state index is -0.557. The molecule has 1 heterocycles. The van der Waals surface area contributed by atoms with Crippen molar-refractivity contribution < 1.29 is 18.7 Å². The van der Waals surface area contributed by atoms with Gasteiger partial charge in [0.2, 0.25) is 5.91 Å². The molecule has 3 rings (SSSR count). The van der Waals surface area contributed by atoms with E-state index in [1.165, 1.54) is 30.7 Å². The van der Waals surface area contributed by atoms with Gasteiger partial charge in [-0.2, -0.15) is 0 Å². The van der Waals surface area contributed by atoms with Crippen molar-refractivity contribution in [3.05, 3.63) is 53.8 Å². The maximum absolute atomic E-state index is 12.9. The number of carbonyl (C=O) groups excluding carboxylic acids is 2. The van der Waals surface area contributed by atoms with Crippen LogP contribution in [-0.2, 0) is 4.79 Å². The first-order chi connectivity index (χ1) is 13.0. The molecule has 0 radical (unpaired) electrons. The molecule has 2 amide bonds. The van der Waals surface area contributed by atoms with Crippen molar-refractivity contribution in [2.75, 3.05) is 29.9 Å². The molecule has 0 aliphatic carbocycles. The summed E-state index contributed by atoms with van der Waals surface area (Å²) in [4.78, 5) is 26.0. The monoisotopic (exact) mass is 371 g/mol. The van der Waals surface area contributed by atoms with Crippen LogP contribution in [0.25, 0.3) is 0 Å². The van der Waals surface area contributed by atoms with Gasteiger partial charge in [0.25, 0.3) is 5.91 Å². The van der Waals surface area contributed by atoms with E-state index < -0.39 is 5.91 Å². The number of carbonyl (C=O) groups is 2. The third-order valence-corrected chi connectivity index (χ3v) is 4.44. The zero-order valence-corrected chi connectivity index (χ0v) is 14.9. The van der Waals surface area contributed by atoms with Crippen molar-refractivity contribution >= 4 is 23.2 Å². The zero-order valence-electron chi connectivity index (χ0n) is 14.9. The second-order valence-electron chi connectivity index (χ2n) is 6.43. The average Bonchev–Trinajstić information content (AvgIpc) is 2.68. The normalized spacial score (nSPS) is 13.9. The number of piperidine rings is 1. The number of nitrogens with one attached hydrogen (secondary N) is 1. The Balaban J connectivity index is 1.72. The quantitative estimate of drug-likeness (QED) is 0.818. The molecule has 3 N–H and O–H groups in total. The van der Waals surface area contributed by atoms with Crippen molar-refractivity contribution in [2.45, 2.75) is 19.3 Å². The Morgan fingerprint density at radius 3 is 2.44 bits per heavy atom. The van der Waals surface area contributed by atoms with Crippen LogP contribution in [0, 0.1) is 5.82 Å². The Morgan fingerprint density at radius 2 is 1.78 bits per heavy atom. The fourth-order valence-corrected chi connectivity index (χ4v) is 3.07. The van der Waals surface area contributed by atoms with Gasteiger partial charge < -0.3 is 20.7 Å². The molecule has 2 aromatic carbocycles. The smallest absolute Gasteiger partial charge is 0.262 e. The highest BCUT2D eigenvalue weighted by Crippen LogP contribution is 2.29. The molecular weight excluding hydrogens is 349 g/mol. The van der Waals surface area contributed by atoms with Crippen LogP contribution in [0.4, 0.5) is 15.8 Å². The second-order valence-corrected chi connectivity index (χ2v) is 6.43. The van der Waals surface area contributed by atoms with Gasteiger partial charge in [-0.1, -0.05) is 0 Å². The molecule has 0 saturated carbocycles. The Hall–Kier alpha value is -3.09. The number of hydrogen-bond acceptors (Lipinski definition) is 4. The van der Waals surface area contributed by atoms with Crippen molar-refractivity contribution in [3.8, 4) is 5.75 Å². The van der Waals surface area contributed by atoms with Crippen LogP contribution in [0.15, 0.2) is 42.5 Å². The first-order valence-corrected chi connectivity index (χ1v) is 8.90. The molecule has 1 fully saturated rings. The molecule has 2 aromatic rings. The highest BCUT2D eigenvalue weighted by Gasteiger charge is 2.17. The molecule has 0 bridgehead atoms. The summed E-state index contributed by atoms with van der Waals surface area (Å²) in [6.45, 7) is 1.56. The van der Waals surface area contributed by atoms with Gasteiger partial charge in [-0.25, -0.2) is 4.39 Å². The fraction of sp³-hybridized carbons (Fsp3) is 0.300. The molecular formula is C20H22FN3O3. The molecule has 1 aliphatic rings. The standard InChI is InChI=1S/C20H22FN3O3/c21-15-5-7-16(8-6-15)27-13-19(25)23-17-12-14(20(22)26)4-9-18(17)24-10-2-1-3-11-24/h4-9,12H,1-3,10-11,13H2,(H2,22,26)(H,23,25). The number of ether oxygens (including phenoxy) is 1. The van der Waals surface area contributed by atoms with E-state index in [1.807, 2.05) is 6.07 Å². The van der Waals surface area contributed by atoms with Crippen LogP contribution in [-0.4, -0.2) is 31.5 Å². The van der Waals surface area contributed by atoms with E-state index in [0.717, 1.165) is 31.6 Å². The number of nitrogens with two attached hydrogens (primary N) is 1. The Morgan fingerprint density at radius 1 is 1.07 bits per heavy atom. The number of benzene rings is 2.